The third-order valence-corrected chi connectivity index (χ3v) is 4.06. The van der Waals surface area contributed by atoms with E-state index in [-0.39, 0.29) is 0 Å². The van der Waals surface area contributed by atoms with Crippen molar-refractivity contribution in [2.75, 3.05) is 25.0 Å². The van der Waals surface area contributed by atoms with Crippen molar-refractivity contribution in [1.29, 1.82) is 0 Å². The lowest BCUT2D eigenvalue weighted by atomic mass is 9.98. The van der Waals surface area contributed by atoms with Crippen LogP contribution >= 0.6 is 0 Å². The third kappa shape index (κ3) is 3.85. The highest BCUT2D eigenvalue weighted by atomic mass is 15.1. The quantitative estimate of drug-likeness (QED) is 0.858. The zero-order valence-electron chi connectivity index (χ0n) is 13.6. The van der Waals surface area contributed by atoms with Gasteiger partial charge in [-0.2, -0.15) is 0 Å². The molecule has 0 aromatic heterocycles. The number of hydrogen-bond acceptors (Lipinski definition) is 2. The molecule has 1 N–H and O–H groups in total. The molecule has 0 aliphatic carbocycles. The molecule has 0 bridgehead atoms. The minimum atomic E-state index is 0.338. The van der Waals surface area contributed by atoms with Gasteiger partial charge in [0.25, 0.3) is 0 Å². The van der Waals surface area contributed by atoms with Crippen molar-refractivity contribution in [2.24, 2.45) is 0 Å². The number of benzene rings is 2. The van der Waals surface area contributed by atoms with Crippen LogP contribution in [0.3, 0.4) is 0 Å². The molecular formula is C19H26N2. The van der Waals surface area contributed by atoms with Crippen molar-refractivity contribution >= 4 is 5.69 Å². The van der Waals surface area contributed by atoms with Crippen LogP contribution in [0.15, 0.2) is 48.5 Å². The number of para-hydroxylation sites is 1. The maximum atomic E-state index is 3.48. The molecule has 2 heteroatoms. The summed E-state index contributed by atoms with van der Waals surface area (Å²) in [6, 6.07) is 17.7. The van der Waals surface area contributed by atoms with Crippen LogP contribution in [0.25, 0.3) is 0 Å². The molecule has 0 aliphatic heterocycles. The van der Waals surface area contributed by atoms with E-state index in [4.69, 9.17) is 0 Å². The second-order valence-electron chi connectivity index (χ2n) is 5.58. The number of nitrogens with zero attached hydrogens (tertiary/aromatic N) is 1. The molecule has 0 fully saturated rings. The number of likely N-dealkylation sites (N-methyl/N-ethyl adjacent to an activating group) is 2. The van der Waals surface area contributed by atoms with Gasteiger partial charge in [-0.05, 0) is 51.1 Å². The fourth-order valence-corrected chi connectivity index (χ4v) is 2.76. The van der Waals surface area contributed by atoms with Gasteiger partial charge in [0.05, 0.1) is 0 Å². The van der Waals surface area contributed by atoms with Gasteiger partial charge in [-0.15, -0.1) is 0 Å². The number of nitrogens with one attached hydrogen (secondary N) is 1. The van der Waals surface area contributed by atoms with Crippen LogP contribution in [-0.4, -0.2) is 20.1 Å². The van der Waals surface area contributed by atoms with Gasteiger partial charge in [-0.3, -0.25) is 0 Å². The van der Waals surface area contributed by atoms with Gasteiger partial charge in [0.15, 0.2) is 0 Å². The maximum absolute atomic E-state index is 3.48. The van der Waals surface area contributed by atoms with Crippen LogP contribution < -0.4 is 10.2 Å². The summed E-state index contributed by atoms with van der Waals surface area (Å²) in [6.45, 7) is 8.54. The minimum Gasteiger partial charge on any atom is -0.370 e. The molecule has 0 spiro atoms. The predicted molar refractivity (Wildman–Crippen MR) is 92.0 cm³/mol. The van der Waals surface area contributed by atoms with Gasteiger partial charge in [-0.1, -0.05) is 42.0 Å². The fourth-order valence-electron chi connectivity index (χ4n) is 2.76. The Kier molecular flexibility index (Phi) is 5.40. The lowest BCUT2D eigenvalue weighted by Crippen LogP contribution is -2.34. The summed E-state index contributed by atoms with van der Waals surface area (Å²) >= 11 is 0. The van der Waals surface area contributed by atoms with Crippen molar-refractivity contribution in [3.8, 4) is 0 Å². The summed E-state index contributed by atoms with van der Waals surface area (Å²) in [7, 11) is 2.05. The molecule has 1 atom stereocenters. The van der Waals surface area contributed by atoms with Crippen molar-refractivity contribution < 1.29 is 0 Å². The summed E-state index contributed by atoms with van der Waals surface area (Å²) < 4.78 is 0. The molecule has 2 nitrogen and oxygen atoms in total. The van der Waals surface area contributed by atoms with E-state index in [2.05, 4.69) is 79.5 Å². The van der Waals surface area contributed by atoms with E-state index in [9.17, 15) is 0 Å². The Morgan fingerprint density at radius 1 is 1.05 bits per heavy atom. The number of rotatable bonds is 6. The van der Waals surface area contributed by atoms with Gasteiger partial charge < -0.3 is 10.2 Å². The van der Waals surface area contributed by atoms with E-state index < -0.39 is 0 Å². The molecule has 0 radical (unpaired) electrons. The molecule has 2 rings (SSSR count). The Labute approximate surface area is 128 Å². The Morgan fingerprint density at radius 3 is 2.38 bits per heavy atom. The van der Waals surface area contributed by atoms with E-state index in [1.807, 2.05) is 7.05 Å². The Balaban J connectivity index is 2.23. The molecule has 0 heterocycles. The van der Waals surface area contributed by atoms with Gasteiger partial charge in [0.1, 0.15) is 0 Å². The zero-order chi connectivity index (χ0) is 15.2. The van der Waals surface area contributed by atoms with E-state index in [0.29, 0.717) is 6.04 Å². The summed E-state index contributed by atoms with van der Waals surface area (Å²) in [6.07, 6.45) is 0. The average Bonchev–Trinajstić information content (AvgIpc) is 2.52. The normalized spacial score (nSPS) is 12.2. The Hall–Kier alpha value is -1.80. The Bertz CT molecular complexity index is 563. The summed E-state index contributed by atoms with van der Waals surface area (Å²) in [5, 5.41) is 3.48. The molecule has 0 saturated carbocycles. The topological polar surface area (TPSA) is 15.3 Å². The molecule has 0 aliphatic rings. The maximum Gasteiger partial charge on any atom is 0.0498 e. The van der Waals surface area contributed by atoms with Crippen LogP contribution in [0.1, 0.15) is 29.7 Å². The Morgan fingerprint density at radius 2 is 1.76 bits per heavy atom. The van der Waals surface area contributed by atoms with Crippen molar-refractivity contribution in [1.82, 2.24) is 5.32 Å². The first-order valence-corrected chi connectivity index (χ1v) is 7.70. The molecular weight excluding hydrogens is 256 g/mol. The largest absolute Gasteiger partial charge is 0.370 e. The van der Waals surface area contributed by atoms with Crippen LogP contribution in [0.5, 0.6) is 0 Å². The molecule has 2 aromatic rings. The van der Waals surface area contributed by atoms with E-state index in [1.54, 1.807) is 0 Å². The molecule has 2 aromatic carbocycles. The van der Waals surface area contributed by atoms with Gasteiger partial charge in [0.2, 0.25) is 0 Å². The lowest BCUT2D eigenvalue weighted by Gasteiger charge is -2.29. The standard InChI is InChI=1S/C19H26N2/c1-5-21(17-9-7-6-8-10-17)14-19(20-4)18-13-15(2)11-12-16(18)3/h6-13,19-20H,5,14H2,1-4H3. The summed E-state index contributed by atoms with van der Waals surface area (Å²) in [5.41, 5.74) is 5.35. The lowest BCUT2D eigenvalue weighted by molar-refractivity contribution is 0.574. The first-order valence-electron chi connectivity index (χ1n) is 7.70. The summed E-state index contributed by atoms with van der Waals surface area (Å²) in [5.74, 6) is 0. The first-order chi connectivity index (χ1) is 10.2. The van der Waals surface area contributed by atoms with Crippen LogP contribution in [0, 0.1) is 13.8 Å². The molecule has 1 unspecified atom stereocenters. The van der Waals surface area contributed by atoms with E-state index in [1.165, 1.54) is 22.4 Å². The SMILES string of the molecule is CCN(CC(NC)c1cc(C)ccc1C)c1ccccc1. The van der Waals surface area contributed by atoms with Gasteiger partial charge in [0, 0.05) is 24.8 Å². The monoisotopic (exact) mass is 282 g/mol. The van der Waals surface area contributed by atoms with Crippen LogP contribution in [-0.2, 0) is 0 Å². The van der Waals surface area contributed by atoms with Crippen molar-refractivity contribution in [3.63, 3.8) is 0 Å². The molecule has 0 amide bonds. The zero-order valence-corrected chi connectivity index (χ0v) is 13.6. The number of aryl methyl sites for hydroxylation is 2. The number of hydrogen-bond donors (Lipinski definition) is 1. The molecule has 21 heavy (non-hydrogen) atoms. The second kappa shape index (κ2) is 7.28. The van der Waals surface area contributed by atoms with Crippen molar-refractivity contribution in [2.45, 2.75) is 26.8 Å². The van der Waals surface area contributed by atoms with Crippen LogP contribution in [0.2, 0.25) is 0 Å². The molecule has 0 saturated heterocycles. The second-order valence-corrected chi connectivity index (χ2v) is 5.58. The summed E-state index contributed by atoms with van der Waals surface area (Å²) in [4.78, 5) is 2.42. The van der Waals surface area contributed by atoms with Gasteiger partial charge >= 0.3 is 0 Å². The van der Waals surface area contributed by atoms with Gasteiger partial charge in [-0.25, -0.2) is 0 Å². The first kappa shape index (κ1) is 15.6. The smallest absolute Gasteiger partial charge is 0.0498 e. The fraction of sp³-hybridized carbons (Fsp3) is 0.368. The number of anilines is 1. The van der Waals surface area contributed by atoms with E-state index >= 15 is 0 Å². The van der Waals surface area contributed by atoms with E-state index in [0.717, 1.165) is 13.1 Å². The van der Waals surface area contributed by atoms with Crippen molar-refractivity contribution in [3.05, 3.63) is 65.2 Å². The predicted octanol–water partition coefficient (Wildman–Crippen LogP) is 4.09. The minimum absolute atomic E-state index is 0.338. The van der Waals surface area contributed by atoms with Crippen LogP contribution in [0.4, 0.5) is 5.69 Å². The highest BCUT2D eigenvalue weighted by Gasteiger charge is 2.16. The average molecular weight is 282 g/mol. The highest BCUT2D eigenvalue weighted by Crippen LogP contribution is 2.22. The molecule has 112 valence electrons. The third-order valence-electron chi connectivity index (χ3n) is 4.06. The highest BCUT2D eigenvalue weighted by molar-refractivity contribution is 5.46.